The molecule has 0 unspecified atom stereocenters. The number of benzene rings is 1. The molecule has 0 aliphatic carbocycles. The van der Waals surface area contributed by atoms with E-state index >= 15 is 0 Å². The Bertz CT molecular complexity index is 427. The number of aryl methyl sites for hydroxylation is 1. The van der Waals surface area contributed by atoms with Gasteiger partial charge in [-0.2, -0.15) is 0 Å². The zero-order chi connectivity index (χ0) is 13.8. The predicted molar refractivity (Wildman–Crippen MR) is 58.2 cm³/mol. The normalized spacial score (nSPS) is 11.2. The number of rotatable bonds is 4. The molecule has 100 valence electrons. The average Bonchev–Trinajstić information content (AvgIpc) is 2.27. The summed E-state index contributed by atoms with van der Waals surface area (Å²) < 4.78 is 44.5. The van der Waals surface area contributed by atoms with E-state index in [2.05, 4.69) is 9.47 Å². The van der Waals surface area contributed by atoms with Crippen molar-refractivity contribution < 1.29 is 27.4 Å². The molecule has 0 spiro atoms. The number of carbonyl (C=O) groups excluding carboxylic acids is 1. The Labute approximate surface area is 103 Å². The lowest BCUT2D eigenvalue weighted by molar-refractivity contribution is -0.274. The smallest absolute Gasteiger partial charge is 0.469 e. The van der Waals surface area contributed by atoms with E-state index in [1.54, 1.807) is 0 Å². The van der Waals surface area contributed by atoms with Gasteiger partial charge in [0.2, 0.25) is 0 Å². The second kappa shape index (κ2) is 5.75. The largest absolute Gasteiger partial charge is 0.573 e. The molecule has 1 aromatic rings. The topological polar surface area (TPSA) is 35.5 Å². The van der Waals surface area contributed by atoms with Crippen molar-refractivity contribution in [3.63, 3.8) is 0 Å². The molecule has 18 heavy (non-hydrogen) atoms. The minimum atomic E-state index is -4.74. The molecule has 0 atom stereocenters. The van der Waals surface area contributed by atoms with E-state index in [0.29, 0.717) is 12.0 Å². The van der Waals surface area contributed by atoms with Crippen molar-refractivity contribution in [3.8, 4) is 5.75 Å². The number of carbonyl (C=O) groups is 1. The number of ether oxygens (including phenoxy) is 2. The highest BCUT2D eigenvalue weighted by Crippen LogP contribution is 2.25. The molecule has 0 aromatic heterocycles. The number of hydrogen-bond donors (Lipinski definition) is 0. The monoisotopic (exact) mass is 262 g/mol. The van der Waals surface area contributed by atoms with Gasteiger partial charge in [-0.25, -0.2) is 0 Å². The van der Waals surface area contributed by atoms with Gasteiger partial charge in [0.05, 0.1) is 13.5 Å². The van der Waals surface area contributed by atoms with Crippen LogP contribution in [0.3, 0.4) is 0 Å². The summed E-state index contributed by atoms with van der Waals surface area (Å²) in [6, 6.07) is 3.95. The molecule has 0 saturated heterocycles. The van der Waals surface area contributed by atoms with Gasteiger partial charge in [0.15, 0.2) is 0 Å². The summed E-state index contributed by atoms with van der Waals surface area (Å²) in [7, 11) is 1.23. The Morgan fingerprint density at radius 3 is 2.44 bits per heavy atom. The van der Waals surface area contributed by atoms with E-state index in [1.807, 2.05) is 6.92 Å². The first kappa shape index (κ1) is 14.3. The molecular weight excluding hydrogens is 249 g/mol. The van der Waals surface area contributed by atoms with Crippen molar-refractivity contribution in [3.05, 3.63) is 29.3 Å². The molecule has 0 fully saturated rings. The van der Waals surface area contributed by atoms with Crippen LogP contribution in [0.2, 0.25) is 0 Å². The Kier molecular flexibility index (Phi) is 4.58. The van der Waals surface area contributed by atoms with Crippen LogP contribution in [-0.2, 0) is 22.4 Å². The maximum Gasteiger partial charge on any atom is 0.573 e. The molecule has 0 radical (unpaired) electrons. The van der Waals surface area contributed by atoms with Crippen molar-refractivity contribution >= 4 is 5.97 Å². The molecule has 1 aromatic carbocycles. The summed E-state index contributed by atoms with van der Waals surface area (Å²) in [6.45, 7) is 1.85. The fourth-order valence-corrected chi connectivity index (χ4v) is 1.54. The number of hydrogen-bond acceptors (Lipinski definition) is 3. The third kappa shape index (κ3) is 4.27. The van der Waals surface area contributed by atoms with Crippen molar-refractivity contribution in [2.45, 2.75) is 26.1 Å². The second-order valence-corrected chi connectivity index (χ2v) is 3.58. The molecule has 0 aliphatic rings. The lowest BCUT2D eigenvalue weighted by Gasteiger charge is -2.12. The van der Waals surface area contributed by atoms with Crippen molar-refractivity contribution in [1.29, 1.82) is 0 Å². The molecular formula is C12H13F3O3. The van der Waals surface area contributed by atoms with Crippen molar-refractivity contribution in [2.24, 2.45) is 0 Å². The van der Waals surface area contributed by atoms with Crippen LogP contribution in [0.25, 0.3) is 0 Å². The first-order chi connectivity index (χ1) is 8.35. The van der Waals surface area contributed by atoms with Gasteiger partial charge in [0, 0.05) is 0 Å². The Morgan fingerprint density at radius 2 is 1.94 bits per heavy atom. The van der Waals surface area contributed by atoms with E-state index in [4.69, 9.17) is 0 Å². The van der Waals surface area contributed by atoms with Crippen LogP contribution in [0.1, 0.15) is 18.1 Å². The van der Waals surface area contributed by atoms with Gasteiger partial charge in [0.25, 0.3) is 0 Å². The summed E-state index contributed by atoms with van der Waals surface area (Å²) in [6.07, 6.45) is -4.20. The molecule has 0 heterocycles. The molecule has 6 heteroatoms. The fraction of sp³-hybridized carbons (Fsp3) is 0.417. The number of alkyl halides is 3. The third-order valence-corrected chi connectivity index (χ3v) is 2.35. The van der Waals surface area contributed by atoms with Gasteiger partial charge in [-0.05, 0) is 29.7 Å². The molecule has 0 aliphatic heterocycles. The minimum Gasteiger partial charge on any atom is -0.469 e. The highest BCUT2D eigenvalue weighted by Gasteiger charge is 2.31. The molecule has 1 rings (SSSR count). The number of methoxy groups -OCH3 is 1. The SMILES string of the molecule is CCc1ccc(OC(F)(F)F)cc1CC(=O)OC. The summed E-state index contributed by atoms with van der Waals surface area (Å²) in [4.78, 5) is 11.2. The average molecular weight is 262 g/mol. The minimum absolute atomic E-state index is 0.0747. The van der Waals surface area contributed by atoms with Crippen LogP contribution < -0.4 is 4.74 Å². The maximum absolute atomic E-state index is 12.1. The fourth-order valence-electron chi connectivity index (χ4n) is 1.54. The van der Waals surface area contributed by atoms with Crippen molar-refractivity contribution in [1.82, 2.24) is 0 Å². The molecule has 0 bridgehead atoms. The number of halogens is 3. The van der Waals surface area contributed by atoms with E-state index in [1.165, 1.54) is 25.3 Å². The molecule has 3 nitrogen and oxygen atoms in total. The van der Waals surface area contributed by atoms with Gasteiger partial charge in [-0.3, -0.25) is 4.79 Å². The zero-order valence-electron chi connectivity index (χ0n) is 10.0. The highest BCUT2D eigenvalue weighted by atomic mass is 19.4. The van der Waals surface area contributed by atoms with Crippen LogP contribution in [0, 0.1) is 0 Å². The zero-order valence-corrected chi connectivity index (χ0v) is 10.0. The first-order valence-corrected chi connectivity index (χ1v) is 5.30. The Morgan fingerprint density at radius 1 is 1.28 bits per heavy atom. The van der Waals surface area contributed by atoms with Gasteiger partial charge >= 0.3 is 12.3 Å². The van der Waals surface area contributed by atoms with E-state index in [0.717, 1.165) is 5.56 Å². The van der Waals surface area contributed by atoms with Crippen LogP contribution in [0.4, 0.5) is 13.2 Å². The molecule has 0 N–H and O–H groups in total. The van der Waals surface area contributed by atoms with Crippen LogP contribution in [0.15, 0.2) is 18.2 Å². The highest BCUT2D eigenvalue weighted by molar-refractivity contribution is 5.73. The Balaban J connectivity index is 2.98. The predicted octanol–water partition coefficient (Wildman–Crippen LogP) is 2.86. The Hall–Kier alpha value is -1.72. The second-order valence-electron chi connectivity index (χ2n) is 3.58. The van der Waals surface area contributed by atoms with Gasteiger partial charge in [-0.15, -0.1) is 13.2 Å². The lowest BCUT2D eigenvalue weighted by atomic mass is 10.0. The van der Waals surface area contributed by atoms with E-state index < -0.39 is 12.3 Å². The quantitative estimate of drug-likeness (QED) is 0.783. The van der Waals surface area contributed by atoms with Gasteiger partial charge in [-0.1, -0.05) is 13.0 Å². The van der Waals surface area contributed by atoms with Gasteiger partial charge in [0.1, 0.15) is 5.75 Å². The molecule has 0 saturated carbocycles. The summed E-state index contributed by atoms with van der Waals surface area (Å²) in [5.74, 6) is -0.840. The van der Waals surface area contributed by atoms with Crippen LogP contribution >= 0.6 is 0 Å². The summed E-state index contributed by atoms with van der Waals surface area (Å²) >= 11 is 0. The third-order valence-electron chi connectivity index (χ3n) is 2.35. The lowest BCUT2D eigenvalue weighted by Crippen LogP contribution is -2.17. The summed E-state index contributed by atoms with van der Waals surface area (Å²) in [5.41, 5.74) is 1.26. The van der Waals surface area contributed by atoms with Crippen LogP contribution in [0.5, 0.6) is 5.75 Å². The standard InChI is InChI=1S/C12H13F3O3/c1-3-8-4-5-10(18-12(13,14)15)6-9(8)7-11(16)17-2/h4-6H,3,7H2,1-2H3. The summed E-state index contributed by atoms with van der Waals surface area (Å²) in [5, 5.41) is 0. The van der Waals surface area contributed by atoms with E-state index in [9.17, 15) is 18.0 Å². The van der Waals surface area contributed by atoms with Gasteiger partial charge < -0.3 is 9.47 Å². The van der Waals surface area contributed by atoms with E-state index in [-0.39, 0.29) is 12.2 Å². The maximum atomic E-state index is 12.1. The van der Waals surface area contributed by atoms with Crippen LogP contribution in [-0.4, -0.2) is 19.4 Å². The first-order valence-electron chi connectivity index (χ1n) is 5.30. The number of esters is 1. The van der Waals surface area contributed by atoms with Crippen molar-refractivity contribution in [2.75, 3.05) is 7.11 Å². The molecule has 0 amide bonds.